The molecule has 3 aromatic rings. The first-order valence-corrected chi connectivity index (χ1v) is 9.09. The largest absolute Gasteiger partial charge is 0.248 e. The predicted octanol–water partition coefficient (Wildman–Crippen LogP) is 5.63. The van der Waals surface area contributed by atoms with Crippen molar-refractivity contribution in [2.45, 2.75) is 43.0 Å². The minimum absolute atomic E-state index is 0.302. The zero-order chi connectivity index (χ0) is 15.9. The van der Waals surface area contributed by atoms with Crippen molar-refractivity contribution in [3.8, 4) is 0 Å². The summed E-state index contributed by atoms with van der Waals surface area (Å²) in [5, 5.41) is 3.68. The molecule has 0 spiro atoms. The van der Waals surface area contributed by atoms with Crippen LogP contribution in [0.1, 0.15) is 36.7 Å². The quantitative estimate of drug-likeness (QED) is 0.614. The molecular weight excluding hydrogens is 334 g/mol. The number of hydrogen-bond acceptors (Lipinski definition) is 5. The summed E-state index contributed by atoms with van der Waals surface area (Å²) in [6.45, 7) is 8.25. The Bertz CT molecular complexity index is 843. The van der Waals surface area contributed by atoms with E-state index in [1.54, 1.807) is 23.1 Å². The van der Waals surface area contributed by atoms with E-state index < -0.39 is 0 Å². The van der Waals surface area contributed by atoms with Crippen LogP contribution in [0.3, 0.4) is 0 Å². The van der Waals surface area contributed by atoms with Gasteiger partial charge in [0.25, 0.3) is 0 Å². The van der Waals surface area contributed by atoms with Crippen LogP contribution in [-0.2, 0) is 0 Å². The highest BCUT2D eigenvalue weighted by Gasteiger charge is 2.15. The maximum Gasteiger partial charge on any atom is 0.156 e. The number of aromatic nitrogens is 3. The summed E-state index contributed by atoms with van der Waals surface area (Å²) in [5.74, 6) is 0.302. The monoisotopic (exact) mass is 349 g/mol. The molecule has 1 aromatic carbocycles. The van der Waals surface area contributed by atoms with Gasteiger partial charge in [-0.1, -0.05) is 25.4 Å². The van der Waals surface area contributed by atoms with Crippen molar-refractivity contribution in [3.05, 3.63) is 39.5 Å². The van der Waals surface area contributed by atoms with Gasteiger partial charge in [0, 0.05) is 16.1 Å². The van der Waals surface area contributed by atoms with Gasteiger partial charge in [0.05, 0.1) is 16.7 Å². The van der Waals surface area contributed by atoms with Crippen LogP contribution in [0.2, 0.25) is 5.02 Å². The predicted molar refractivity (Wildman–Crippen MR) is 94.3 cm³/mol. The maximum atomic E-state index is 6.22. The number of fused-ring (bicyclic) bond motifs is 1. The highest BCUT2D eigenvalue weighted by Crippen LogP contribution is 2.35. The van der Waals surface area contributed by atoms with E-state index in [0.717, 1.165) is 42.4 Å². The Morgan fingerprint density at radius 1 is 1.09 bits per heavy atom. The van der Waals surface area contributed by atoms with Gasteiger partial charge in [0.1, 0.15) is 5.03 Å². The molecule has 22 heavy (non-hydrogen) atoms. The second-order valence-electron chi connectivity index (χ2n) is 5.52. The molecule has 0 amide bonds. The third-order valence-corrected chi connectivity index (χ3v) is 5.72. The van der Waals surface area contributed by atoms with Gasteiger partial charge in [-0.3, -0.25) is 0 Å². The molecule has 2 aromatic heterocycles. The second-order valence-corrected chi connectivity index (χ2v) is 8.02. The van der Waals surface area contributed by atoms with E-state index in [1.165, 1.54) is 0 Å². The molecule has 0 bridgehead atoms. The molecule has 6 heteroatoms. The van der Waals surface area contributed by atoms with Gasteiger partial charge in [-0.15, -0.1) is 11.3 Å². The summed E-state index contributed by atoms with van der Waals surface area (Å²) >= 11 is 9.43. The molecule has 0 saturated carbocycles. The molecule has 0 aliphatic carbocycles. The van der Waals surface area contributed by atoms with Crippen molar-refractivity contribution in [3.63, 3.8) is 0 Å². The van der Waals surface area contributed by atoms with Crippen molar-refractivity contribution in [1.82, 2.24) is 15.0 Å². The Labute approximate surface area is 143 Å². The van der Waals surface area contributed by atoms with Crippen LogP contribution in [0.15, 0.2) is 26.9 Å². The molecule has 3 nitrogen and oxygen atoms in total. The van der Waals surface area contributed by atoms with Crippen molar-refractivity contribution in [2.75, 3.05) is 0 Å². The number of aryl methyl sites for hydroxylation is 2. The average molecular weight is 350 g/mol. The van der Waals surface area contributed by atoms with Crippen LogP contribution in [0.25, 0.3) is 11.0 Å². The summed E-state index contributed by atoms with van der Waals surface area (Å²) in [4.78, 5) is 14.1. The van der Waals surface area contributed by atoms with Crippen molar-refractivity contribution in [1.29, 1.82) is 0 Å². The summed E-state index contributed by atoms with van der Waals surface area (Å²) < 4.78 is 0.992. The Morgan fingerprint density at radius 2 is 1.82 bits per heavy atom. The summed E-state index contributed by atoms with van der Waals surface area (Å²) in [5.41, 5.74) is 4.79. The lowest BCUT2D eigenvalue weighted by Gasteiger charge is -2.12. The van der Waals surface area contributed by atoms with Crippen LogP contribution in [0.5, 0.6) is 0 Å². The summed E-state index contributed by atoms with van der Waals surface area (Å²) in [7, 11) is 0. The number of rotatable bonds is 3. The lowest BCUT2D eigenvalue weighted by Crippen LogP contribution is -2.00. The van der Waals surface area contributed by atoms with E-state index in [9.17, 15) is 0 Å². The van der Waals surface area contributed by atoms with Gasteiger partial charge in [-0.25, -0.2) is 15.0 Å². The molecule has 0 atom stereocenters. The molecule has 0 aliphatic heterocycles. The van der Waals surface area contributed by atoms with E-state index in [4.69, 9.17) is 21.6 Å². The first-order valence-electron chi connectivity index (χ1n) is 7.02. The standard InChI is InChI=1S/C16H16ClN3S2/c1-8(2)14-15(22-16-18-10(4)7-21-16)20-13-6-11(17)9(3)5-12(13)19-14/h5-8H,1-4H3. The minimum atomic E-state index is 0.302. The average Bonchev–Trinajstić information content (AvgIpc) is 2.85. The second kappa shape index (κ2) is 6.14. The SMILES string of the molecule is Cc1csc(Sc2nc3cc(Cl)c(C)cc3nc2C(C)C)n1. The topological polar surface area (TPSA) is 38.7 Å². The molecule has 0 saturated heterocycles. The smallest absolute Gasteiger partial charge is 0.156 e. The van der Waals surface area contributed by atoms with Crippen LogP contribution >= 0.6 is 34.7 Å². The van der Waals surface area contributed by atoms with Gasteiger partial charge in [0.2, 0.25) is 0 Å². The van der Waals surface area contributed by atoms with E-state index in [2.05, 4.69) is 18.8 Å². The first-order chi connectivity index (χ1) is 10.4. The fourth-order valence-corrected chi connectivity index (χ4v) is 4.23. The molecule has 0 fully saturated rings. The number of thiazole rings is 1. The Hall–Kier alpha value is -1.17. The van der Waals surface area contributed by atoms with Gasteiger partial charge < -0.3 is 0 Å². The lowest BCUT2D eigenvalue weighted by atomic mass is 10.1. The maximum absolute atomic E-state index is 6.22. The third-order valence-electron chi connectivity index (χ3n) is 3.27. The third kappa shape index (κ3) is 3.12. The van der Waals surface area contributed by atoms with Crippen LogP contribution in [0.4, 0.5) is 0 Å². The molecule has 2 heterocycles. The van der Waals surface area contributed by atoms with Gasteiger partial charge in [-0.2, -0.15) is 0 Å². The van der Waals surface area contributed by atoms with Gasteiger partial charge in [0.15, 0.2) is 4.34 Å². The molecule has 3 rings (SSSR count). The van der Waals surface area contributed by atoms with Crippen LogP contribution in [-0.4, -0.2) is 15.0 Å². The molecule has 0 N–H and O–H groups in total. The zero-order valence-electron chi connectivity index (χ0n) is 12.8. The normalized spacial score (nSPS) is 11.5. The highest BCUT2D eigenvalue weighted by molar-refractivity contribution is 8.01. The number of halogens is 1. The minimum Gasteiger partial charge on any atom is -0.248 e. The molecular formula is C16H16ClN3S2. The molecule has 114 valence electrons. The van der Waals surface area contributed by atoms with Crippen molar-refractivity contribution < 1.29 is 0 Å². The Morgan fingerprint density at radius 3 is 2.45 bits per heavy atom. The number of hydrogen-bond donors (Lipinski definition) is 0. The first kappa shape index (κ1) is 15.7. The summed E-state index contributed by atoms with van der Waals surface area (Å²) in [6.07, 6.45) is 0. The zero-order valence-corrected chi connectivity index (χ0v) is 15.2. The Kier molecular flexibility index (Phi) is 4.39. The highest BCUT2D eigenvalue weighted by atomic mass is 35.5. The lowest BCUT2D eigenvalue weighted by molar-refractivity contribution is 0.782. The fraction of sp³-hybridized carbons (Fsp3) is 0.312. The van der Waals surface area contributed by atoms with E-state index >= 15 is 0 Å². The molecule has 0 aliphatic rings. The van der Waals surface area contributed by atoms with Crippen molar-refractivity contribution >= 4 is 45.7 Å². The molecule has 0 unspecified atom stereocenters. The van der Waals surface area contributed by atoms with E-state index in [0.29, 0.717) is 5.92 Å². The van der Waals surface area contributed by atoms with Gasteiger partial charge in [-0.05, 0) is 49.2 Å². The van der Waals surface area contributed by atoms with Crippen LogP contribution in [0, 0.1) is 13.8 Å². The molecule has 0 radical (unpaired) electrons. The van der Waals surface area contributed by atoms with E-state index in [1.807, 2.05) is 31.4 Å². The number of benzene rings is 1. The van der Waals surface area contributed by atoms with E-state index in [-0.39, 0.29) is 0 Å². The van der Waals surface area contributed by atoms with Crippen molar-refractivity contribution in [2.24, 2.45) is 0 Å². The fourth-order valence-electron chi connectivity index (χ4n) is 2.09. The van der Waals surface area contributed by atoms with Gasteiger partial charge >= 0.3 is 0 Å². The van der Waals surface area contributed by atoms with Crippen LogP contribution < -0.4 is 0 Å². The number of nitrogens with zero attached hydrogens (tertiary/aromatic N) is 3. The Balaban J connectivity index is 2.14. The summed E-state index contributed by atoms with van der Waals surface area (Å²) in [6, 6.07) is 3.89.